The van der Waals surface area contributed by atoms with Crippen LogP contribution in [0.15, 0.2) is 0 Å². The molecule has 0 aromatic rings. The molecular weight excluding hydrogens is 367 g/mol. The Morgan fingerprint density at radius 2 is 1.54 bits per heavy atom. The first kappa shape index (κ1) is 24.4. The smallest absolute Gasteiger partial charge is 0.328 e. The molecule has 0 bridgehead atoms. The zero-order valence-electron chi connectivity index (χ0n) is 15.4. The summed E-state index contributed by atoms with van der Waals surface area (Å²) in [6.45, 7) is 3.18. The third kappa shape index (κ3) is 14.7. The Labute approximate surface area is 152 Å². The van der Waals surface area contributed by atoms with E-state index >= 15 is 0 Å². The van der Waals surface area contributed by atoms with E-state index in [2.05, 4.69) is 0 Å². The van der Waals surface area contributed by atoms with Crippen molar-refractivity contribution in [3.8, 4) is 0 Å². The molecule has 0 aromatic carbocycles. The van der Waals surface area contributed by atoms with Crippen LogP contribution in [0.25, 0.3) is 0 Å². The largest absolute Gasteiger partial charge is 0.462 e. The predicted molar refractivity (Wildman–Crippen MR) is 91.6 cm³/mol. The highest BCUT2D eigenvalue weighted by atomic mass is 31.2. The van der Waals surface area contributed by atoms with Gasteiger partial charge in [0.25, 0.3) is 0 Å². The number of rotatable bonds is 14. The van der Waals surface area contributed by atoms with Crippen molar-refractivity contribution in [2.45, 2.75) is 59.0 Å². The van der Waals surface area contributed by atoms with Crippen LogP contribution < -0.4 is 0 Å². The summed E-state index contributed by atoms with van der Waals surface area (Å²) in [4.78, 5) is 54.1. The van der Waals surface area contributed by atoms with Gasteiger partial charge in [-0.25, -0.2) is 0 Å². The number of hydrogen-bond acceptors (Lipinski definition) is 8. The van der Waals surface area contributed by atoms with E-state index in [4.69, 9.17) is 14.0 Å². The molecule has 0 aliphatic rings. The molecule has 0 aromatic heterocycles. The van der Waals surface area contributed by atoms with Crippen molar-refractivity contribution in [3.63, 3.8) is 0 Å². The third-order valence-corrected chi connectivity index (χ3v) is 4.57. The monoisotopic (exact) mass is 394 g/mol. The molecule has 0 saturated carbocycles. The highest BCUT2D eigenvalue weighted by Gasteiger charge is 2.24. The molecule has 0 radical (unpaired) electrons. The van der Waals surface area contributed by atoms with Crippen LogP contribution in [-0.2, 0) is 37.7 Å². The van der Waals surface area contributed by atoms with Gasteiger partial charge in [0, 0.05) is 19.8 Å². The van der Waals surface area contributed by atoms with E-state index < -0.39 is 32.2 Å². The second kappa shape index (κ2) is 12.7. The van der Waals surface area contributed by atoms with Crippen molar-refractivity contribution in [1.29, 1.82) is 0 Å². The fourth-order valence-corrected chi connectivity index (χ4v) is 2.95. The van der Waals surface area contributed by atoms with Crippen molar-refractivity contribution < 1.29 is 42.6 Å². The van der Waals surface area contributed by atoms with E-state index in [0.29, 0.717) is 19.3 Å². The second-order valence-corrected chi connectivity index (χ2v) is 7.91. The number of carbonyl (C=O) groups is 4. The summed E-state index contributed by atoms with van der Waals surface area (Å²) in [5.41, 5.74) is 0. The summed E-state index contributed by atoms with van der Waals surface area (Å²) in [6, 6.07) is 0. The van der Waals surface area contributed by atoms with Crippen molar-refractivity contribution in [2.24, 2.45) is 0 Å². The van der Waals surface area contributed by atoms with Crippen molar-refractivity contribution in [2.75, 3.05) is 19.4 Å². The van der Waals surface area contributed by atoms with Gasteiger partial charge in [-0.2, -0.15) is 0 Å². The average molecular weight is 394 g/mol. The summed E-state index contributed by atoms with van der Waals surface area (Å²) < 4.78 is 26.7. The molecule has 1 N–H and O–H groups in total. The molecule has 0 saturated heterocycles. The summed E-state index contributed by atoms with van der Waals surface area (Å²) >= 11 is 0. The number of carbonyl (C=O) groups excluding carboxylic acids is 4. The molecule has 2 atom stereocenters. The van der Waals surface area contributed by atoms with Gasteiger partial charge in [0.15, 0.2) is 6.10 Å². The maximum Gasteiger partial charge on any atom is 0.328 e. The molecule has 26 heavy (non-hydrogen) atoms. The Morgan fingerprint density at radius 1 is 0.923 bits per heavy atom. The topological polar surface area (TPSA) is 133 Å². The van der Waals surface area contributed by atoms with Crippen LogP contribution in [-0.4, -0.2) is 53.9 Å². The van der Waals surface area contributed by atoms with Gasteiger partial charge in [-0.1, -0.05) is 0 Å². The van der Waals surface area contributed by atoms with E-state index in [1.54, 1.807) is 0 Å². The lowest BCUT2D eigenvalue weighted by atomic mass is 10.2. The van der Waals surface area contributed by atoms with Gasteiger partial charge in [-0.3, -0.25) is 14.2 Å². The normalized spacial score (nSPS) is 14.2. The SMILES string of the molecule is CC(=O)CCCCP(=O)(O)OC[C@H](COC(C)=O)OC(=O)CCC(C)=O. The van der Waals surface area contributed by atoms with Crippen LogP contribution in [0.2, 0.25) is 0 Å². The molecule has 150 valence electrons. The van der Waals surface area contributed by atoms with E-state index in [-0.39, 0.29) is 37.2 Å². The maximum absolute atomic E-state index is 12.0. The minimum Gasteiger partial charge on any atom is -0.462 e. The highest BCUT2D eigenvalue weighted by Crippen LogP contribution is 2.43. The van der Waals surface area contributed by atoms with Gasteiger partial charge >= 0.3 is 19.5 Å². The fourth-order valence-electron chi connectivity index (χ4n) is 1.80. The Kier molecular flexibility index (Phi) is 12.0. The van der Waals surface area contributed by atoms with Crippen molar-refractivity contribution in [1.82, 2.24) is 0 Å². The first-order valence-corrected chi connectivity index (χ1v) is 10.1. The molecule has 10 heteroatoms. The van der Waals surface area contributed by atoms with Crippen LogP contribution in [0.4, 0.5) is 0 Å². The van der Waals surface area contributed by atoms with E-state index in [0.717, 1.165) is 0 Å². The maximum atomic E-state index is 12.0. The van der Waals surface area contributed by atoms with Crippen LogP contribution >= 0.6 is 7.60 Å². The van der Waals surface area contributed by atoms with Crippen LogP contribution in [0, 0.1) is 0 Å². The summed E-state index contributed by atoms with van der Waals surface area (Å²) in [6.07, 6.45) is -0.207. The van der Waals surface area contributed by atoms with Gasteiger partial charge in [0.1, 0.15) is 18.2 Å². The number of Topliss-reactive ketones (excluding diaryl/α,β-unsaturated/α-hetero) is 2. The Bertz CT molecular complexity index is 544. The van der Waals surface area contributed by atoms with Crippen molar-refractivity contribution >= 4 is 31.1 Å². The molecule has 0 amide bonds. The number of unbranched alkanes of at least 4 members (excludes halogenated alkanes) is 1. The minimum absolute atomic E-state index is 0.00221. The zero-order chi connectivity index (χ0) is 20.2. The van der Waals surface area contributed by atoms with Gasteiger partial charge in [0.2, 0.25) is 0 Å². The minimum atomic E-state index is -3.93. The number of ether oxygens (including phenoxy) is 2. The molecule has 0 aliphatic carbocycles. The Morgan fingerprint density at radius 3 is 2.08 bits per heavy atom. The molecular formula is C16H27O9P. The van der Waals surface area contributed by atoms with Gasteiger partial charge in [-0.05, 0) is 26.7 Å². The van der Waals surface area contributed by atoms with Gasteiger partial charge in [-0.15, -0.1) is 0 Å². The molecule has 0 aliphatic heterocycles. The summed E-state index contributed by atoms with van der Waals surface area (Å²) in [7, 11) is -3.93. The molecule has 1 unspecified atom stereocenters. The second-order valence-electron chi connectivity index (χ2n) is 5.93. The average Bonchev–Trinajstić information content (AvgIpc) is 2.52. The van der Waals surface area contributed by atoms with E-state index in [1.807, 2.05) is 0 Å². The highest BCUT2D eigenvalue weighted by molar-refractivity contribution is 7.52. The number of ketones is 2. The van der Waals surface area contributed by atoms with E-state index in [1.165, 1.54) is 20.8 Å². The Hall–Kier alpha value is -1.57. The van der Waals surface area contributed by atoms with Crippen molar-refractivity contribution in [3.05, 3.63) is 0 Å². The first-order valence-electron chi connectivity index (χ1n) is 8.30. The standard InChI is InChI=1S/C16H27O9P/c1-12(17)6-4-5-9-26(21,22)24-11-15(10-23-14(3)19)25-16(20)8-7-13(2)18/h15H,4-11H2,1-3H3,(H,21,22)/t15-/m0/s1. The fraction of sp³-hybridized carbons (Fsp3) is 0.750. The molecule has 0 fully saturated rings. The first-order chi connectivity index (χ1) is 12.0. The zero-order valence-corrected chi connectivity index (χ0v) is 16.3. The Balaban J connectivity index is 4.48. The third-order valence-electron chi connectivity index (χ3n) is 3.13. The quantitative estimate of drug-likeness (QED) is 0.266. The van der Waals surface area contributed by atoms with Crippen LogP contribution in [0.1, 0.15) is 52.9 Å². The molecule has 0 heterocycles. The predicted octanol–water partition coefficient (Wildman–Crippen LogP) is 1.79. The van der Waals surface area contributed by atoms with Crippen LogP contribution in [0.3, 0.4) is 0 Å². The van der Waals surface area contributed by atoms with Gasteiger partial charge in [0.05, 0.1) is 19.2 Å². The lowest BCUT2D eigenvalue weighted by Gasteiger charge is -2.19. The van der Waals surface area contributed by atoms with Crippen LogP contribution in [0.5, 0.6) is 0 Å². The molecule has 0 rings (SSSR count). The number of hydrogen-bond donors (Lipinski definition) is 1. The lowest BCUT2D eigenvalue weighted by Crippen LogP contribution is -2.29. The van der Waals surface area contributed by atoms with E-state index in [9.17, 15) is 28.6 Å². The van der Waals surface area contributed by atoms with Gasteiger partial charge < -0.3 is 28.5 Å². The summed E-state index contributed by atoms with van der Waals surface area (Å²) in [5.74, 6) is -1.49. The summed E-state index contributed by atoms with van der Waals surface area (Å²) in [5, 5.41) is 0. The number of esters is 2. The molecule has 0 spiro atoms. The molecule has 9 nitrogen and oxygen atoms in total. The lowest BCUT2D eigenvalue weighted by molar-refractivity contribution is -0.160.